The van der Waals surface area contributed by atoms with Gasteiger partial charge >= 0.3 is 0 Å². The maximum Gasteiger partial charge on any atom is 0.125 e. The fraction of sp³-hybridized carbons (Fsp3) is 0.231. The third kappa shape index (κ3) is 3.26. The van der Waals surface area contributed by atoms with E-state index in [4.69, 9.17) is 28.5 Å². The van der Waals surface area contributed by atoms with Crippen molar-refractivity contribution in [3.05, 3.63) is 39.7 Å². The van der Waals surface area contributed by atoms with Crippen LogP contribution in [0.4, 0.5) is 0 Å². The number of aromatic nitrogens is 1. The van der Waals surface area contributed by atoms with E-state index in [0.717, 1.165) is 11.3 Å². The Morgan fingerprint density at radius 3 is 2.63 bits per heavy atom. The summed E-state index contributed by atoms with van der Waals surface area (Å²) in [7, 11) is 0. The van der Waals surface area contributed by atoms with Gasteiger partial charge in [-0.25, -0.2) is 4.98 Å². The molecule has 2 aromatic rings. The summed E-state index contributed by atoms with van der Waals surface area (Å²) < 4.78 is 0. The second kappa shape index (κ2) is 6.36. The lowest BCUT2D eigenvalue weighted by molar-refractivity contribution is 0.184. The van der Waals surface area contributed by atoms with Gasteiger partial charge in [-0.2, -0.15) is 5.26 Å². The van der Waals surface area contributed by atoms with Crippen LogP contribution >= 0.6 is 34.5 Å². The van der Waals surface area contributed by atoms with Gasteiger partial charge in [-0.1, -0.05) is 23.7 Å². The van der Waals surface area contributed by atoms with Crippen molar-refractivity contribution in [2.75, 3.05) is 5.88 Å². The summed E-state index contributed by atoms with van der Waals surface area (Å²) >= 11 is 12.7. The van der Waals surface area contributed by atoms with Crippen LogP contribution in [0.15, 0.2) is 29.6 Å². The van der Waals surface area contributed by atoms with Crippen LogP contribution < -0.4 is 0 Å². The zero-order chi connectivity index (χ0) is 13.8. The van der Waals surface area contributed by atoms with E-state index < -0.39 is 12.0 Å². The Balaban J connectivity index is 2.28. The molecule has 3 nitrogen and oxygen atoms in total. The van der Waals surface area contributed by atoms with Crippen molar-refractivity contribution < 1.29 is 5.11 Å². The molecule has 0 aliphatic heterocycles. The van der Waals surface area contributed by atoms with Crippen molar-refractivity contribution >= 4 is 34.5 Å². The standard InChI is InChI=1S/C13H10Cl2N2OS/c14-5-12(18)10(6-16)13-17-11(7-19-13)8-1-3-9(15)4-2-8/h1-4,7,10,12,18H,5H2/t10-,12-/m1/s1. The van der Waals surface area contributed by atoms with Crippen LogP contribution in [0.2, 0.25) is 5.02 Å². The van der Waals surface area contributed by atoms with E-state index in [2.05, 4.69) is 4.98 Å². The summed E-state index contributed by atoms with van der Waals surface area (Å²) in [5, 5.41) is 21.8. The number of nitrogens with zero attached hydrogens (tertiary/aromatic N) is 2. The van der Waals surface area contributed by atoms with Crippen LogP contribution in [0.5, 0.6) is 0 Å². The molecular formula is C13H10Cl2N2OS. The maximum atomic E-state index is 9.68. The number of nitriles is 1. The SMILES string of the molecule is N#C[C@@H](c1nc(-c2ccc(Cl)cc2)cs1)[C@H](O)CCl. The van der Waals surface area contributed by atoms with Gasteiger partial charge in [0, 0.05) is 16.0 Å². The molecule has 1 aromatic carbocycles. The highest BCUT2D eigenvalue weighted by Crippen LogP contribution is 2.29. The van der Waals surface area contributed by atoms with Crippen molar-refractivity contribution in [3.63, 3.8) is 0 Å². The van der Waals surface area contributed by atoms with Crippen molar-refractivity contribution in [2.45, 2.75) is 12.0 Å². The van der Waals surface area contributed by atoms with Gasteiger partial charge in [0.05, 0.1) is 23.7 Å². The monoisotopic (exact) mass is 312 g/mol. The van der Waals surface area contributed by atoms with Crippen LogP contribution in [0.1, 0.15) is 10.9 Å². The average Bonchev–Trinajstić information content (AvgIpc) is 2.89. The zero-order valence-electron chi connectivity index (χ0n) is 9.75. The second-order valence-electron chi connectivity index (χ2n) is 3.91. The van der Waals surface area contributed by atoms with Crippen LogP contribution in [-0.4, -0.2) is 22.1 Å². The van der Waals surface area contributed by atoms with Gasteiger partial charge in [0.25, 0.3) is 0 Å². The third-order valence-electron chi connectivity index (χ3n) is 2.61. The van der Waals surface area contributed by atoms with Crippen LogP contribution in [0, 0.1) is 11.3 Å². The smallest absolute Gasteiger partial charge is 0.125 e. The predicted octanol–water partition coefficient (Wildman–Crippen LogP) is 3.67. The number of halogens is 2. The topological polar surface area (TPSA) is 56.9 Å². The van der Waals surface area contributed by atoms with Gasteiger partial charge in [-0.3, -0.25) is 0 Å². The lowest BCUT2D eigenvalue weighted by Crippen LogP contribution is -2.18. The van der Waals surface area contributed by atoms with Gasteiger partial charge in [0.1, 0.15) is 10.9 Å². The Hall–Kier alpha value is -1.12. The first-order valence-corrected chi connectivity index (χ1v) is 7.30. The Bertz CT molecular complexity index is 591. The number of aliphatic hydroxyl groups is 1. The molecular weight excluding hydrogens is 303 g/mol. The van der Waals surface area contributed by atoms with Gasteiger partial charge in [-0.05, 0) is 12.1 Å². The van der Waals surface area contributed by atoms with E-state index in [1.54, 1.807) is 12.1 Å². The molecule has 98 valence electrons. The molecule has 6 heteroatoms. The Labute approximate surface area is 125 Å². The third-order valence-corrected chi connectivity index (χ3v) is 4.11. The molecule has 0 aliphatic carbocycles. The number of thiazole rings is 1. The predicted molar refractivity (Wildman–Crippen MR) is 77.6 cm³/mol. The molecule has 0 saturated carbocycles. The highest BCUT2D eigenvalue weighted by molar-refractivity contribution is 7.10. The Morgan fingerprint density at radius 1 is 1.37 bits per heavy atom. The van der Waals surface area contributed by atoms with Gasteiger partial charge in [-0.15, -0.1) is 22.9 Å². The molecule has 1 heterocycles. The largest absolute Gasteiger partial charge is 0.390 e. The normalized spacial score (nSPS) is 13.8. The quantitative estimate of drug-likeness (QED) is 0.876. The number of hydrogen-bond donors (Lipinski definition) is 1. The van der Waals surface area contributed by atoms with Gasteiger partial charge in [0.15, 0.2) is 0 Å². The summed E-state index contributed by atoms with van der Waals surface area (Å²) in [6.45, 7) is 0. The molecule has 2 rings (SSSR count). The van der Waals surface area contributed by atoms with Gasteiger partial charge < -0.3 is 5.11 Å². The lowest BCUT2D eigenvalue weighted by Gasteiger charge is -2.10. The number of benzene rings is 1. The van der Waals surface area contributed by atoms with E-state index >= 15 is 0 Å². The first kappa shape index (κ1) is 14.3. The van der Waals surface area contributed by atoms with Crippen LogP contribution in [-0.2, 0) is 0 Å². The molecule has 0 aliphatic rings. The highest BCUT2D eigenvalue weighted by atomic mass is 35.5. The van der Waals surface area contributed by atoms with Crippen molar-refractivity contribution in [1.29, 1.82) is 5.26 Å². The highest BCUT2D eigenvalue weighted by Gasteiger charge is 2.23. The van der Waals surface area contributed by atoms with E-state index in [9.17, 15) is 5.11 Å². The fourth-order valence-corrected chi connectivity index (χ4v) is 2.81. The van der Waals surface area contributed by atoms with Gasteiger partial charge in [0.2, 0.25) is 0 Å². The molecule has 0 spiro atoms. The van der Waals surface area contributed by atoms with Crippen molar-refractivity contribution in [1.82, 2.24) is 4.98 Å². The summed E-state index contributed by atoms with van der Waals surface area (Å²) in [4.78, 5) is 4.38. The van der Waals surface area contributed by atoms with Crippen LogP contribution in [0.25, 0.3) is 11.3 Å². The van der Waals surface area contributed by atoms with E-state index in [1.165, 1.54) is 11.3 Å². The van der Waals surface area contributed by atoms with E-state index in [1.807, 2.05) is 23.6 Å². The van der Waals surface area contributed by atoms with E-state index in [-0.39, 0.29) is 5.88 Å². The molecule has 2 atom stereocenters. The molecule has 0 amide bonds. The average molecular weight is 313 g/mol. The number of rotatable bonds is 4. The first-order chi connectivity index (χ1) is 9.15. The Morgan fingerprint density at radius 2 is 2.05 bits per heavy atom. The zero-order valence-corrected chi connectivity index (χ0v) is 12.1. The minimum absolute atomic E-state index is 0.00802. The molecule has 0 fully saturated rings. The lowest BCUT2D eigenvalue weighted by atomic mass is 10.1. The van der Waals surface area contributed by atoms with Crippen molar-refractivity contribution in [3.8, 4) is 17.3 Å². The second-order valence-corrected chi connectivity index (χ2v) is 5.54. The molecule has 0 unspecified atom stereocenters. The molecule has 0 bridgehead atoms. The first-order valence-electron chi connectivity index (χ1n) is 5.50. The number of aliphatic hydroxyl groups excluding tert-OH is 1. The Kier molecular flexibility index (Phi) is 4.78. The molecule has 1 N–H and O–H groups in total. The molecule has 1 aromatic heterocycles. The molecule has 0 radical (unpaired) electrons. The molecule has 0 saturated heterocycles. The van der Waals surface area contributed by atoms with E-state index in [0.29, 0.717) is 10.0 Å². The fourth-order valence-electron chi connectivity index (χ4n) is 1.58. The summed E-state index contributed by atoms with van der Waals surface area (Å²) in [6.07, 6.45) is -0.907. The maximum absolute atomic E-state index is 9.68. The summed E-state index contributed by atoms with van der Waals surface area (Å²) in [5.74, 6) is -0.683. The minimum Gasteiger partial charge on any atom is -0.390 e. The number of alkyl halides is 1. The van der Waals surface area contributed by atoms with Crippen LogP contribution in [0.3, 0.4) is 0 Å². The molecule has 19 heavy (non-hydrogen) atoms. The minimum atomic E-state index is -0.907. The number of hydrogen-bond acceptors (Lipinski definition) is 4. The summed E-state index contributed by atoms with van der Waals surface area (Å²) in [6, 6.07) is 9.32. The van der Waals surface area contributed by atoms with Crippen molar-refractivity contribution in [2.24, 2.45) is 0 Å². The summed E-state index contributed by atoms with van der Waals surface area (Å²) in [5.41, 5.74) is 1.68.